The standard InChI is InChI=1S/C30H38N6O4/c1-19(37)32-27(17-21-11-15-24(16-12-21)40-20(2)38)29(39)31-18-22-9-13-23(14-10-22)33-30-34-26-8-6-5-7-25(26)28(35-30)36(3)4/h5-8,11-12,15-16,22-23,27H,9-10,13-14,17-18H2,1-4H3,(H,31,39)(H,32,37)(H,33,34,35). The van der Waals surface area contributed by atoms with Crippen molar-refractivity contribution in [1.82, 2.24) is 20.6 Å². The summed E-state index contributed by atoms with van der Waals surface area (Å²) in [7, 11) is 3.96. The van der Waals surface area contributed by atoms with Gasteiger partial charge in [-0.2, -0.15) is 4.98 Å². The minimum absolute atomic E-state index is 0.208. The van der Waals surface area contributed by atoms with E-state index in [1.807, 2.05) is 43.3 Å². The Kier molecular flexibility index (Phi) is 9.52. The highest BCUT2D eigenvalue weighted by Crippen LogP contribution is 2.28. The lowest BCUT2D eigenvalue weighted by Gasteiger charge is -2.30. The van der Waals surface area contributed by atoms with Crippen LogP contribution in [0.2, 0.25) is 0 Å². The third-order valence-corrected chi connectivity index (χ3v) is 7.07. The van der Waals surface area contributed by atoms with E-state index in [9.17, 15) is 14.4 Å². The molecule has 2 amide bonds. The Balaban J connectivity index is 1.28. The Hall–Kier alpha value is -4.21. The van der Waals surface area contributed by atoms with Gasteiger partial charge in [0.1, 0.15) is 17.6 Å². The van der Waals surface area contributed by atoms with E-state index < -0.39 is 12.0 Å². The largest absolute Gasteiger partial charge is 0.427 e. The van der Waals surface area contributed by atoms with Crippen LogP contribution >= 0.6 is 0 Å². The number of amides is 2. The molecule has 0 saturated heterocycles. The van der Waals surface area contributed by atoms with Gasteiger partial charge in [-0.1, -0.05) is 24.3 Å². The minimum atomic E-state index is -0.689. The first-order chi connectivity index (χ1) is 19.2. The first kappa shape index (κ1) is 28.8. The summed E-state index contributed by atoms with van der Waals surface area (Å²) in [4.78, 5) is 47.4. The maximum atomic E-state index is 13.0. The summed E-state index contributed by atoms with van der Waals surface area (Å²) < 4.78 is 5.06. The topological polar surface area (TPSA) is 126 Å². The average Bonchev–Trinajstić information content (AvgIpc) is 2.92. The van der Waals surface area contributed by atoms with Gasteiger partial charge in [0.2, 0.25) is 17.8 Å². The van der Waals surface area contributed by atoms with Gasteiger partial charge in [-0.3, -0.25) is 14.4 Å². The second-order valence-electron chi connectivity index (χ2n) is 10.6. The molecule has 3 N–H and O–H groups in total. The van der Waals surface area contributed by atoms with E-state index in [0.717, 1.165) is 48.0 Å². The fraction of sp³-hybridized carbons (Fsp3) is 0.433. The Morgan fingerprint density at radius 3 is 2.33 bits per heavy atom. The second-order valence-corrected chi connectivity index (χ2v) is 10.6. The molecular weight excluding hydrogens is 508 g/mol. The van der Waals surface area contributed by atoms with E-state index in [0.29, 0.717) is 30.6 Å². The number of nitrogens with one attached hydrogen (secondary N) is 3. The van der Waals surface area contributed by atoms with Gasteiger partial charge < -0.3 is 25.6 Å². The highest BCUT2D eigenvalue weighted by atomic mass is 16.5. The van der Waals surface area contributed by atoms with E-state index in [4.69, 9.17) is 14.7 Å². The number of fused-ring (bicyclic) bond motifs is 1. The number of para-hydroxylation sites is 1. The van der Waals surface area contributed by atoms with Crippen molar-refractivity contribution in [3.05, 3.63) is 54.1 Å². The van der Waals surface area contributed by atoms with Crippen LogP contribution in [0.4, 0.5) is 11.8 Å². The van der Waals surface area contributed by atoms with Crippen molar-refractivity contribution >= 4 is 40.5 Å². The van der Waals surface area contributed by atoms with Crippen LogP contribution in [0.3, 0.4) is 0 Å². The van der Waals surface area contributed by atoms with Crippen LogP contribution in [0.25, 0.3) is 10.9 Å². The normalized spacial score (nSPS) is 17.5. The zero-order chi connectivity index (χ0) is 28.6. The number of nitrogens with zero attached hydrogens (tertiary/aromatic N) is 3. The van der Waals surface area contributed by atoms with Crippen LogP contribution in [0.15, 0.2) is 48.5 Å². The number of rotatable bonds is 10. The summed E-state index contributed by atoms with van der Waals surface area (Å²) >= 11 is 0. The first-order valence-electron chi connectivity index (χ1n) is 13.7. The van der Waals surface area contributed by atoms with E-state index in [1.165, 1.54) is 13.8 Å². The Morgan fingerprint density at radius 2 is 1.68 bits per heavy atom. The van der Waals surface area contributed by atoms with Crippen LogP contribution in [0, 0.1) is 5.92 Å². The smallest absolute Gasteiger partial charge is 0.308 e. The van der Waals surface area contributed by atoms with Gasteiger partial charge in [-0.05, 0) is 61.4 Å². The fourth-order valence-electron chi connectivity index (χ4n) is 5.08. The fourth-order valence-corrected chi connectivity index (χ4v) is 5.08. The van der Waals surface area contributed by atoms with E-state index in [1.54, 1.807) is 24.3 Å². The Labute approximate surface area is 234 Å². The summed E-state index contributed by atoms with van der Waals surface area (Å²) in [6.07, 6.45) is 4.18. The zero-order valence-electron chi connectivity index (χ0n) is 23.6. The molecule has 0 aliphatic heterocycles. The van der Waals surface area contributed by atoms with Crippen LogP contribution in [0.1, 0.15) is 45.1 Å². The molecule has 212 valence electrons. The Morgan fingerprint density at radius 1 is 0.975 bits per heavy atom. The molecule has 10 nitrogen and oxygen atoms in total. The molecule has 0 radical (unpaired) electrons. The summed E-state index contributed by atoms with van der Waals surface area (Å²) in [6, 6.07) is 14.5. The molecule has 4 rings (SSSR count). The van der Waals surface area contributed by atoms with Crippen LogP contribution in [-0.2, 0) is 20.8 Å². The van der Waals surface area contributed by atoms with Crippen molar-refractivity contribution in [1.29, 1.82) is 0 Å². The number of carbonyl (C=O) groups is 3. The Bertz CT molecular complexity index is 1340. The number of benzene rings is 2. The molecule has 0 bridgehead atoms. The van der Waals surface area contributed by atoms with E-state index in [-0.39, 0.29) is 17.9 Å². The third kappa shape index (κ3) is 7.91. The van der Waals surface area contributed by atoms with Gasteiger partial charge in [0, 0.05) is 52.3 Å². The number of hydrogen-bond acceptors (Lipinski definition) is 8. The highest BCUT2D eigenvalue weighted by Gasteiger charge is 2.25. The molecule has 2 aromatic carbocycles. The monoisotopic (exact) mass is 546 g/mol. The third-order valence-electron chi connectivity index (χ3n) is 7.07. The molecule has 3 aromatic rings. The van der Waals surface area contributed by atoms with Crippen LogP contribution in [0.5, 0.6) is 5.75 Å². The summed E-state index contributed by atoms with van der Waals surface area (Å²) in [5.41, 5.74) is 1.76. The summed E-state index contributed by atoms with van der Waals surface area (Å²) in [6.45, 7) is 3.30. The molecule has 1 atom stereocenters. The quantitative estimate of drug-likeness (QED) is 0.261. The van der Waals surface area contributed by atoms with Crippen molar-refractivity contribution in [2.75, 3.05) is 30.9 Å². The molecule has 0 spiro atoms. The molecule has 1 heterocycles. The maximum absolute atomic E-state index is 13.0. The van der Waals surface area contributed by atoms with Gasteiger partial charge in [-0.25, -0.2) is 4.98 Å². The molecule has 1 unspecified atom stereocenters. The number of ether oxygens (including phenoxy) is 1. The molecule has 40 heavy (non-hydrogen) atoms. The number of esters is 1. The van der Waals surface area contributed by atoms with Crippen LogP contribution < -0.4 is 25.6 Å². The second kappa shape index (κ2) is 13.2. The predicted molar refractivity (Wildman–Crippen MR) is 155 cm³/mol. The number of aromatic nitrogens is 2. The molecule has 10 heteroatoms. The zero-order valence-corrected chi connectivity index (χ0v) is 23.6. The minimum Gasteiger partial charge on any atom is -0.427 e. The lowest BCUT2D eigenvalue weighted by atomic mass is 9.86. The maximum Gasteiger partial charge on any atom is 0.308 e. The van der Waals surface area contributed by atoms with E-state index >= 15 is 0 Å². The molecule has 1 saturated carbocycles. The van der Waals surface area contributed by atoms with E-state index in [2.05, 4.69) is 16.0 Å². The highest BCUT2D eigenvalue weighted by molar-refractivity contribution is 5.90. The van der Waals surface area contributed by atoms with Gasteiger partial charge in [0.25, 0.3) is 0 Å². The van der Waals surface area contributed by atoms with Crippen molar-refractivity contribution in [3.8, 4) is 5.75 Å². The molecule has 1 aromatic heterocycles. The van der Waals surface area contributed by atoms with Gasteiger partial charge >= 0.3 is 5.97 Å². The lowest BCUT2D eigenvalue weighted by Crippen LogP contribution is -2.48. The van der Waals surface area contributed by atoms with Crippen molar-refractivity contribution in [2.45, 2.75) is 58.0 Å². The average molecular weight is 547 g/mol. The van der Waals surface area contributed by atoms with Gasteiger partial charge in [-0.15, -0.1) is 0 Å². The van der Waals surface area contributed by atoms with Crippen molar-refractivity contribution in [3.63, 3.8) is 0 Å². The molecule has 1 fully saturated rings. The molecular formula is C30H38N6O4. The SMILES string of the molecule is CC(=O)NC(Cc1ccc(OC(C)=O)cc1)C(=O)NCC1CCC(Nc2nc(N(C)C)c3ccccc3n2)CC1. The first-order valence-corrected chi connectivity index (χ1v) is 13.7. The summed E-state index contributed by atoms with van der Waals surface area (Å²) in [5, 5.41) is 10.4. The number of carbonyl (C=O) groups excluding carboxylic acids is 3. The molecule has 1 aliphatic rings. The number of anilines is 2. The van der Waals surface area contributed by atoms with Crippen molar-refractivity contribution in [2.24, 2.45) is 5.92 Å². The van der Waals surface area contributed by atoms with Gasteiger partial charge in [0.05, 0.1) is 5.52 Å². The van der Waals surface area contributed by atoms with Crippen LogP contribution in [-0.4, -0.2) is 60.5 Å². The predicted octanol–water partition coefficient (Wildman–Crippen LogP) is 3.46. The molecule has 1 aliphatic carbocycles. The number of hydrogen-bond donors (Lipinski definition) is 3. The summed E-state index contributed by atoms with van der Waals surface area (Å²) in [5.74, 6) is 1.45. The van der Waals surface area contributed by atoms with Crippen molar-refractivity contribution < 1.29 is 19.1 Å². The van der Waals surface area contributed by atoms with Gasteiger partial charge in [0.15, 0.2) is 0 Å². The lowest BCUT2D eigenvalue weighted by molar-refractivity contribution is -0.131.